The number of methoxy groups -OCH3 is 2. The molecule has 0 heterocycles. The van der Waals surface area contributed by atoms with E-state index in [1.54, 1.807) is 0 Å². The van der Waals surface area contributed by atoms with Gasteiger partial charge in [-0.2, -0.15) is 8.42 Å². The van der Waals surface area contributed by atoms with Gasteiger partial charge in [-0.15, -0.1) is 0 Å². The van der Waals surface area contributed by atoms with Crippen LogP contribution in [0.1, 0.15) is 0 Å². The molecule has 0 spiro atoms. The van der Waals surface area contributed by atoms with Crippen molar-refractivity contribution in [3.05, 3.63) is 23.5 Å². The second-order valence-corrected chi connectivity index (χ2v) is 4.65. The van der Waals surface area contributed by atoms with Gasteiger partial charge in [0.25, 0.3) is 0 Å². The van der Waals surface area contributed by atoms with E-state index in [-0.39, 0.29) is 22.9 Å². The lowest BCUT2D eigenvalue weighted by atomic mass is 10.2. The number of hydrogen-bond donors (Lipinski definition) is 0. The molecule has 0 aliphatic rings. The van der Waals surface area contributed by atoms with Gasteiger partial charge in [0.1, 0.15) is 0 Å². The van der Waals surface area contributed by atoms with Crippen molar-refractivity contribution in [1.82, 2.24) is 0 Å². The Bertz CT molecular complexity index is 534. The molecule has 0 atom stereocenters. The van der Waals surface area contributed by atoms with Gasteiger partial charge in [0.15, 0.2) is 17.2 Å². The Morgan fingerprint density at radius 1 is 1.18 bits per heavy atom. The lowest BCUT2D eigenvalue weighted by Crippen LogP contribution is -2.08. The standard InChI is InChI=1S/C10H11NO5S/c1-11-7-5-8(14-2)10(9(6-7)15-3)16-17(4,12)13/h5-6H,2-4H3. The zero-order valence-corrected chi connectivity index (χ0v) is 10.4. The van der Waals surface area contributed by atoms with Crippen molar-refractivity contribution < 1.29 is 22.1 Å². The number of hydrogen-bond acceptors (Lipinski definition) is 5. The largest absolute Gasteiger partial charge is 0.494 e. The Morgan fingerprint density at radius 3 is 1.94 bits per heavy atom. The third kappa shape index (κ3) is 3.26. The highest BCUT2D eigenvalue weighted by atomic mass is 32.2. The third-order valence-corrected chi connectivity index (χ3v) is 2.28. The molecule has 6 nitrogen and oxygen atoms in total. The summed E-state index contributed by atoms with van der Waals surface area (Å²) in [5.41, 5.74) is 0.263. The summed E-state index contributed by atoms with van der Waals surface area (Å²) in [5.74, 6) is 0.187. The molecular weight excluding hydrogens is 246 g/mol. The molecule has 0 aromatic heterocycles. The average molecular weight is 257 g/mol. The quantitative estimate of drug-likeness (QED) is 0.605. The molecule has 0 aliphatic carbocycles. The summed E-state index contributed by atoms with van der Waals surface area (Å²) in [6.07, 6.45) is 0.911. The second kappa shape index (κ2) is 4.93. The molecule has 7 heteroatoms. The molecule has 0 aliphatic heterocycles. The molecule has 1 aromatic rings. The van der Waals surface area contributed by atoms with Crippen LogP contribution < -0.4 is 13.7 Å². The van der Waals surface area contributed by atoms with Crippen molar-refractivity contribution in [2.24, 2.45) is 0 Å². The first kappa shape index (κ1) is 13.1. The van der Waals surface area contributed by atoms with Crippen LogP contribution in [0.25, 0.3) is 4.85 Å². The van der Waals surface area contributed by atoms with E-state index in [2.05, 4.69) is 4.85 Å². The molecule has 0 saturated heterocycles. The smallest absolute Gasteiger partial charge is 0.306 e. The summed E-state index contributed by atoms with van der Waals surface area (Å²) in [5, 5.41) is 0. The predicted octanol–water partition coefficient (Wildman–Crippen LogP) is 1.59. The van der Waals surface area contributed by atoms with Crippen molar-refractivity contribution in [1.29, 1.82) is 0 Å². The SMILES string of the molecule is [C-]#[N+]c1cc(OC)c(OS(C)(=O)=O)c(OC)c1. The minimum atomic E-state index is -3.70. The van der Waals surface area contributed by atoms with Crippen LogP contribution in [-0.4, -0.2) is 28.9 Å². The first-order valence-electron chi connectivity index (χ1n) is 4.44. The molecule has 0 unspecified atom stereocenters. The number of nitrogens with zero attached hydrogens (tertiary/aromatic N) is 1. The lowest BCUT2D eigenvalue weighted by Gasteiger charge is -2.13. The normalized spacial score (nSPS) is 10.5. The summed E-state index contributed by atoms with van der Waals surface area (Å²) < 4.78 is 36.9. The Hall–Kier alpha value is -1.94. The molecule has 0 radical (unpaired) electrons. The molecule has 1 aromatic carbocycles. The van der Waals surface area contributed by atoms with Crippen LogP contribution in [0, 0.1) is 6.57 Å². The Morgan fingerprint density at radius 2 is 1.65 bits per heavy atom. The molecule has 0 N–H and O–H groups in total. The van der Waals surface area contributed by atoms with Gasteiger partial charge in [0.2, 0.25) is 5.75 Å². The van der Waals surface area contributed by atoms with Crippen LogP contribution in [0.15, 0.2) is 12.1 Å². The van der Waals surface area contributed by atoms with Gasteiger partial charge in [-0.25, -0.2) is 4.85 Å². The van der Waals surface area contributed by atoms with E-state index >= 15 is 0 Å². The topological polar surface area (TPSA) is 66.2 Å². The molecule has 92 valence electrons. The summed E-state index contributed by atoms with van der Waals surface area (Å²) in [7, 11) is -1.01. The lowest BCUT2D eigenvalue weighted by molar-refractivity contribution is 0.362. The van der Waals surface area contributed by atoms with E-state index in [1.165, 1.54) is 26.4 Å². The molecule has 0 amide bonds. The summed E-state index contributed by atoms with van der Waals surface area (Å²) in [6.45, 7) is 6.89. The molecule has 0 bridgehead atoms. The molecule has 17 heavy (non-hydrogen) atoms. The minimum Gasteiger partial charge on any atom is -0.494 e. The fourth-order valence-corrected chi connectivity index (χ4v) is 1.63. The third-order valence-electron chi connectivity index (χ3n) is 1.81. The summed E-state index contributed by atoms with van der Waals surface area (Å²) in [6, 6.07) is 2.74. The number of ether oxygens (including phenoxy) is 2. The maximum atomic E-state index is 11.1. The Balaban J connectivity index is 3.41. The average Bonchev–Trinajstić information content (AvgIpc) is 2.27. The van der Waals surface area contributed by atoms with E-state index in [0.29, 0.717) is 0 Å². The maximum absolute atomic E-state index is 11.1. The summed E-state index contributed by atoms with van der Waals surface area (Å²) in [4.78, 5) is 3.21. The zero-order valence-electron chi connectivity index (χ0n) is 9.55. The van der Waals surface area contributed by atoms with Gasteiger partial charge >= 0.3 is 10.1 Å². The molecule has 1 rings (SSSR count). The van der Waals surface area contributed by atoms with Crippen molar-refractivity contribution in [3.8, 4) is 17.2 Å². The van der Waals surface area contributed by atoms with Crippen LogP contribution in [0.2, 0.25) is 0 Å². The van der Waals surface area contributed by atoms with Crippen molar-refractivity contribution in [2.75, 3.05) is 20.5 Å². The highest BCUT2D eigenvalue weighted by Gasteiger charge is 2.18. The monoisotopic (exact) mass is 257 g/mol. The highest BCUT2D eigenvalue weighted by Crippen LogP contribution is 2.41. The van der Waals surface area contributed by atoms with E-state index in [1.807, 2.05) is 0 Å². The maximum Gasteiger partial charge on any atom is 0.306 e. The van der Waals surface area contributed by atoms with E-state index in [9.17, 15) is 8.42 Å². The highest BCUT2D eigenvalue weighted by molar-refractivity contribution is 7.86. The second-order valence-electron chi connectivity index (χ2n) is 3.08. The van der Waals surface area contributed by atoms with Crippen LogP contribution in [0.4, 0.5) is 5.69 Å². The van der Waals surface area contributed by atoms with Crippen molar-refractivity contribution in [2.45, 2.75) is 0 Å². The van der Waals surface area contributed by atoms with E-state index in [0.717, 1.165) is 6.26 Å². The zero-order chi connectivity index (χ0) is 13.1. The van der Waals surface area contributed by atoms with Crippen LogP contribution in [-0.2, 0) is 10.1 Å². The first-order chi connectivity index (χ1) is 7.91. The molecular formula is C10H11NO5S. The van der Waals surface area contributed by atoms with Crippen LogP contribution in [0.3, 0.4) is 0 Å². The van der Waals surface area contributed by atoms with Gasteiger partial charge in [0.05, 0.1) is 27.0 Å². The Labute approximate surface area is 99.7 Å². The van der Waals surface area contributed by atoms with E-state index in [4.69, 9.17) is 20.2 Å². The summed E-state index contributed by atoms with van der Waals surface area (Å²) >= 11 is 0. The number of rotatable bonds is 4. The minimum absolute atomic E-state index is 0.0649. The number of benzene rings is 1. The molecule has 0 saturated carbocycles. The van der Waals surface area contributed by atoms with Gasteiger partial charge in [-0.1, -0.05) is 0 Å². The van der Waals surface area contributed by atoms with Gasteiger partial charge in [-0.3, -0.25) is 0 Å². The van der Waals surface area contributed by atoms with Gasteiger partial charge < -0.3 is 13.7 Å². The van der Waals surface area contributed by atoms with Crippen LogP contribution in [0.5, 0.6) is 17.2 Å². The van der Waals surface area contributed by atoms with Crippen LogP contribution >= 0.6 is 0 Å². The fourth-order valence-electron chi connectivity index (χ4n) is 1.16. The van der Waals surface area contributed by atoms with Gasteiger partial charge in [0, 0.05) is 0 Å². The molecule has 0 fully saturated rings. The Kier molecular flexibility index (Phi) is 3.81. The predicted molar refractivity (Wildman–Crippen MR) is 61.3 cm³/mol. The van der Waals surface area contributed by atoms with Crippen molar-refractivity contribution >= 4 is 15.8 Å². The first-order valence-corrected chi connectivity index (χ1v) is 6.26. The van der Waals surface area contributed by atoms with E-state index < -0.39 is 10.1 Å². The van der Waals surface area contributed by atoms with Crippen molar-refractivity contribution in [3.63, 3.8) is 0 Å². The fraction of sp³-hybridized carbons (Fsp3) is 0.300. The van der Waals surface area contributed by atoms with Gasteiger partial charge in [-0.05, 0) is 12.1 Å².